The van der Waals surface area contributed by atoms with Crippen molar-refractivity contribution in [1.82, 2.24) is 0 Å². The minimum Gasteiger partial charge on any atom is -0.489 e. The lowest BCUT2D eigenvalue weighted by Crippen LogP contribution is -2.05. The van der Waals surface area contributed by atoms with E-state index in [2.05, 4.69) is 18.5 Å². The van der Waals surface area contributed by atoms with Crippen LogP contribution in [0.4, 0.5) is 5.69 Å². The normalized spacial score (nSPS) is 10.4. The molecule has 0 unspecified atom stereocenters. The first-order valence-corrected chi connectivity index (χ1v) is 8.22. The largest absolute Gasteiger partial charge is 0.489 e. The van der Waals surface area contributed by atoms with E-state index < -0.39 is 0 Å². The highest BCUT2D eigenvalue weighted by Crippen LogP contribution is 2.22. The van der Waals surface area contributed by atoms with Crippen molar-refractivity contribution in [3.05, 3.63) is 90.7 Å². The zero-order chi connectivity index (χ0) is 18.9. The number of hydrogen-bond donors (Lipinski definition) is 1. The molecule has 0 fully saturated rings. The second-order valence-electron chi connectivity index (χ2n) is 5.89. The summed E-state index contributed by atoms with van der Waals surface area (Å²) < 4.78 is 11.5. The number of hydrogen-bond acceptors (Lipinski definition) is 3. The number of carbonyl (C=O) groups excluding carboxylic acids is 1. The minimum atomic E-state index is -0.0921. The Bertz CT molecular complexity index is 820. The fourth-order valence-electron chi connectivity index (χ4n) is 2.10. The van der Waals surface area contributed by atoms with Crippen LogP contribution in [0.3, 0.4) is 0 Å². The predicted octanol–water partition coefficient (Wildman–Crippen LogP) is 5.25. The van der Waals surface area contributed by atoms with Crippen LogP contribution < -0.4 is 14.8 Å². The maximum atomic E-state index is 11.0. The van der Waals surface area contributed by atoms with Gasteiger partial charge in [0.15, 0.2) is 0 Å². The maximum Gasteiger partial charge on any atom is 0.221 e. The molecule has 0 aliphatic rings. The number of nitrogens with one attached hydrogen (secondary N) is 1. The first-order valence-electron chi connectivity index (χ1n) is 8.22. The van der Waals surface area contributed by atoms with Crippen LogP contribution in [-0.2, 0) is 11.4 Å². The number of benzene rings is 2. The Kier molecular flexibility index (Phi) is 6.80. The highest BCUT2D eigenvalue weighted by Gasteiger charge is 2.01. The Hall–Kier alpha value is -3.27. The molecule has 134 valence electrons. The van der Waals surface area contributed by atoms with Crippen molar-refractivity contribution in [2.45, 2.75) is 20.5 Å². The van der Waals surface area contributed by atoms with Gasteiger partial charge in [-0.05, 0) is 42.8 Å². The smallest absolute Gasteiger partial charge is 0.221 e. The molecule has 1 amide bonds. The van der Waals surface area contributed by atoms with Crippen LogP contribution in [0.15, 0.2) is 85.2 Å². The van der Waals surface area contributed by atoms with Crippen LogP contribution in [0.1, 0.15) is 19.4 Å². The number of amides is 1. The highest BCUT2D eigenvalue weighted by atomic mass is 16.5. The molecule has 4 heteroatoms. The minimum absolute atomic E-state index is 0.0921. The van der Waals surface area contributed by atoms with Crippen molar-refractivity contribution in [1.29, 1.82) is 0 Å². The van der Waals surface area contributed by atoms with Crippen molar-refractivity contribution < 1.29 is 14.3 Å². The van der Waals surface area contributed by atoms with Crippen molar-refractivity contribution in [3.63, 3.8) is 0 Å². The molecule has 0 atom stereocenters. The number of allylic oxidation sites excluding steroid dienone is 3. The van der Waals surface area contributed by atoms with Gasteiger partial charge in [-0.25, -0.2) is 0 Å². The summed E-state index contributed by atoms with van der Waals surface area (Å²) in [4.78, 5) is 11.0. The summed E-state index contributed by atoms with van der Waals surface area (Å²) in [7, 11) is 0. The topological polar surface area (TPSA) is 47.6 Å². The summed E-state index contributed by atoms with van der Waals surface area (Å²) in [6.07, 6.45) is 3.61. The van der Waals surface area contributed by atoms with Gasteiger partial charge >= 0.3 is 0 Å². The lowest BCUT2D eigenvalue weighted by Gasteiger charge is -2.10. The zero-order valence-electron chi connectivity index (χ0n) is 15.1. The quantitative estimate of drug-likeness (QED) is 0.523. The molecule has 0 radical (unpaired) electrons. The van der Waals surface area contributed by atoms with Crippen LogP contribution in [0.25, 0.3) is 0 Å². The first-order chi connectivity index (χ1) is 12.4. The molecule has 2 aromatic carbocycles. The molecule has 0 heterocycles. The van der Waals surface area contributed by atoms with Gasteiger partial charge in [0.1, 0.15) is 23.9 Å². The molecule has 0 aromatic heterocycles. The second-order valence-corrected chi connectivity index (χ2v) is 5.89. The molecule has 0 aliphatic heterocycles. The highest BCUT2D eigenvalue weighted by molar-refractivity contribution is 5.88. The summed E-state index contributed by atoms with van der Waals surface area (Å²) in [6, 6.07) is 14.9. The second kappa shape index (κ2) is 9.28. The average Bonchev–Trinajstić information content (AvgIpc) is 2.59. The van der Waals surface area contributed by atoms with Gasteiger partial charge in [-0.2, -0.15) is 0 Å². The fraction of sp³-hybridized carbons (Fsp3) is 0.136. The van der Waals surface area contributed by atoms with Crippen LogP contribution in [0, 0.1) is 0 Å². The maximum absolute atomic E-state index is 11.0. The van der Waals surface area contributed by atoms with Gasteiger partial charge < -0.3 is 14.8 Å². The van der Waals surface area contributed by atoms with Gasteiger partial charge in [0.2, 0.25) is 5.91 Å². The molecule has 0 saturated heterocycles. The predicted molar refractivity (Wildman–Crippen MR) is 105 cm³/mol. The number of rotatable bonds is 8. The van der Waals surface area contributed by atoms with Crippen molar-refractivity contribution in [3.8, 4) is 11.5 Å². The van der Waals surface area contributed by atoms with E-state index in [1.54, 1.807) is 6.08 Å². The molecular formula is C22H23NO3. The van der Waals surface area contributed by atoms with E-state index in [4.69, 9.17) is 9.47 Å². The molecule has 2 rings (SSSR count). The third-order valence-corrected chi connectivity index (χ3v) is 3.29. The van der Waals surface area contributed by atoms with E-state index in [0.29, 0.717) is 23.9 Å². The standard InChI is InChI=1S/C22H23NO3/c1-16(2)8-9-17(3)26-22-7-5-6-21(14-22)25-15-19-10-12-20(13-11-19)23-18(4)24/h5-14H,1,3,15H2,2,4H3,(H,23,24)/b9-8-. The van der Waals surface area contributed by atoms with Crippen LogP contribution in [0.2, 0.25) is 0 Å². The van der Waals surface area contributed by atoms with Crippen LogP contribution >= 0.6 is 0 Å². The molecule has 0 spiro atoms. The number of ether oxygens (including phenoxy) is 2. The lowest BCUT2D eigenvalue weighted by molar-refractivity contribution is -0.114. The van der Waals surface area contributed by atoms with Gasteiger partial charge in [0.25, 0.3) is 0 Å². The first kappa shape index (κ1) is 19.1. The van der Waals surface area contributed by atoms with Crippen molar-refractivity contribution in [2.75, 3.05) is 5.32 Å². The van der Waals surface area contributed by atoms with E-state index in [1.807, 2.05) is 61.5 Å². The average molecular weight is 349 g/mol. The Labute approximate surface area is 154 Å². The van der Waals surface area contributed by atoms with E-state index in [9.17, 15) is 4.79 Å². The van der Waals surface area contributed by atoms with E-state index in [1.165, 1.54) is 6.92 Å². The molecule has 0 bridgehead atoms. The van der Waals surface area contributed by atoms with Gasteiger partial charge in [0.05, 0.1) is 0 Å². The van der Waals surface area contributed by atoms with Gasteiger partial charge in [-0.1, -0.05) is 43.0 Å². The Morgan fingerprint density at radius 2 is 1.73 bits per heavy atom. The van der Waals surface area contributed by atoms with Crippen molar-refractivity contribution >= 4 is 11.6 Å². The molecule has 0 saturated carbocycles. The molecule has 26 heavy (non-hydrogen) atoms. The van der Waals surface area contributed by atoms with E-state index >= 15 is 0 Å². The third-order valence-electron chi connectivity index (χ3n) is 3.29. The summed E-state index contributed by atoms with van der Waals surface area (Å²) in [5.41, 5.74) is 2.69. The molecular weight excluding hydrogens is 326 g/mol. The van der Waals surface area contributed by atoms with Crippen LogP contribution in [-0.4, -0.2) is 5.91 Å². The zero-order valence-corrected chi connectivity index (χ0v) is 15.1. The molecule has 2 aromatic rings. The SMILES string of the molecule is C=C(C)/C=C\C(=C)Oc1cccc(OCc2ccc(NC(C)=O)cc2)c1. The van der Waals surface area contributed by atoms with E-state index in [0.717, 1.165) is 16.8 Å². The summed E-state index contributed by atoms with van der Waals surface area (Å²) in [5, 5.41) is 2.73. The fourth-order valence-corrected chi connectivity index (χ4v) is 2.10. The van der Waals surface area contributed by atoms with Gasteiger partial charge in [-0.15, -0.1) is 0 Å². The summed E-state index contributed by atoms with van der Waals surface area (Å²) >= 11 is 0. The Balaban J connectivity index is 1.93. The number of anilines is 1. The third kappa shape index (κ3) is 6.69. The Morgan fingerprint density at radius 1 is 1.04 bits per heavy atom. The molecule has 4 nitrogen and oxygen atoms in total. The number of carbonyl (C=O) groups is 1. The van der Waals surface area contributed by atoms with Gasteiger partial charge in [0, 0.05) is 18.7 Å². The Morgan fingerprint density at radius 3 is 2.38 bits per heavy atom. The summed E-state index contributed by atoms with van der Waals surface area (Å²) in [6.45, 7) is 11.5. The molecule has 1 N–H and O–H groups in total. The van der Waals surface area contributed by atoms with E-state index in [-0.39, 0.29) is 5.91 Å². The van der Waals surface area contributed by atoms with Crippen LogP contribution in [0.5, 0.6) is 11.5 Å². The summed E-state index contributed by atoms with van der Waals surface area (Å²) in [5.74, 6) is 1.79. The monoisotopic (exact) mass is 349 g/mol. The lowest BCUT2D eigenvalue weighted by atomic mass is 10.2. The van der Waals surface area contributed by atoms with Gasteiger partial charge in [-0.3, -0.25) is 4.79 Å². The molecule has 0 aliphatic carbocycles. The van der Waals surface area contributed by atoms with Crippen molar-refractivity contribution in [2.24, 2.45) is 0 Å².